The molecule has 17 heavy (non-hydrogen) atoms. The van der Waals surface area contributed by atoms with Crippen LogP contribution in [0.2, 0.25) is 0 Å². The van der Waals surface area contributed by atoms with Crippen molar-refractivity contribution in [2.75, 3.05) is 19.0 Å². The van der Waals surface area contributed by atoms with Gasteiger partial charge < -0.3 is 4.74 Å². The van der Waals surface area contributed by atoms with Crippen LogP contribution in [-0.4, -0.2) is 19.0 Å². The Morgan fingerprint density at radius 3 is 2.00 bits per heavy atom. The molecule has 0 heterocycles. The molecule has 0 N–H and O–H groups in total. The predicted molar refractivity (Wildman–Crippen MR) is 81.1 cm³/mol. The average molecular weight is 260 g/mol. The standard InChI is InChI=1S/C15H32OS/c1-4-7-8-9-10-11-12-16-13-15(5-2,6-3)14-17/h17H,4-14H2,1-3H3. The first-order valence-electron chi connectivity index (χ1n) is 7.43. The van der Waals surface area contributed by atoms with Crippen LogP contribution < -0.4 is 0 Å². The van der Waals surface area contributed by atoms with Crippen molar-refractivity contribution in [1.82, 2.24) is 0 Å². The molecule has 0 aliphatic heterocycles. The largest absolute Gasteiger partial charge is 0.381 e. The topological polar surface area (TPSA) is 9.23 Å². The fourth-order valence-corrected chi connectivity index (χ4v) is 2.54. The minimum absolute atomic E-state index is 0.311. The van der Waals surface area contributed by atoms with E-state index in [4.69, 9.17) is 4.74 Å². The summed E-state index contributed by atoms with van der Waals surface area (Å²) in [5, 5.41) is 0. The monoisotopic (exact) mass is 260 g/mol. The highest BCUT2D eigenvalue weighted by molar-refractivity contribution is 7.80. The van der Waals surface area contributed by atoms with Crippen molar-refractivity contribution in [2.24, 2.45) is 5.41 Å². The van der Waals surface area contributed by atoms with Gasteiger partial charge in [0.15, 0.2) is 0 Å². The van der Waals surface area contributed by atoms with Crippen molar-refractivity contribution in [2.45, 2.75) is 72.1 Å². The van der Waals surface area contributed by atoms with Crippen LogP contribution in [0.4, 0.5) is 0 Å². The molecule has 0 saturated heterocycles. The SMILES string of the molecule is CCCCCCCCOCC(CC)(CC)CS. The van der Waals surface area contributed by atoms with E-state index in [-0.39, 0.29) is 0 Å². The van der Waals surface area contributed by atoms with Gasteiger partial charge in [0.2, 0.25) is 0 Å². The second-order valence-electron chi connectivity index (χ2n) is 5.19. The lowest BCUT2D eigenvalue weighted by molar-refractivity contribution is 0.0490. The Hall–Kier alpha value is 0.310. The Morgan fingerprint density at radius 1 is 0.882 bits per heavy atom. The second kappa shape index (κ2) is 11.4. The van der Waals surface area contributed by atoms with E-state index >= 15 is 0 Å². The predicted octanol–water partition coefficient (Wildman–Crippen LogP) is 5.10. The lowest BCUT2D eigenvalue weighted by Crippen LogP contribution is -2.27. The van der Waals surface area contributed by atoms with E-state index in [1.165, 1.54) is 51.4 Å². The summed E-state index contributed by atoms with van der Waals surface area (Å²) in [5.41, 5.74) is 0.311. The molecule has 0 aliphatic carbocycles. The summed E-state index contributed by atoms with van der Waals surface area (Å²) in [6.45, 7) is 8.57. The molecule has 0 radical (unpaired) electrons. The Labute approximate surface area is 114 Å². The molecule has 0 amide bonds. The van der Waals surface area contributed by atoms with Gasteiger partial charge in [0.25, 0.3) is 0 Å². The van der Waals surface area contributed by atoms with Crippen LogP contribution in [0, 0.1) is 5.41 Å². The highest BCUT2D eigenvalue weighted by atomic mass is 32.1. The molecule has 0 spiro atoms. The third-order valence-electron chi connectivity index (χ3n) is 3.89. The van der Waals surface area contributed by atoms with Gasteiger partial charge in [0.05, 0.1) is 6.61 Å². The molecule has 0 aromatic carbocycles. The minimum Gasteiger partial charge on any atom is -0.381 e. The van der Waals surface area contributed by atoms with Crippen molar-refractivity contribution in [1.29, 1.82) is 0 Å². The van der Waals surface area contributed by atoms with Gasteiger partial charge in [0, 0.05) is 12.0 Å². The molecule has 1 nitrogen and oxygen atoms in total. The first-order chi connectivity index (χ1) is 8.24. The van der Waals surface area contributed by atoms with E-state index in [2.05, 4.69) is 33.4 Å². The fraction of sp³-hybridized carbons (Fsp3) is 1.00. The molecule has 0 aliphatic rings. The van der Waals surface area contributed by atoms with Crippen molar-refractivity contribution < 1.29 is 4.74 Å². The molecule has 2 heteroatoms. The first kappa shape index (κ1) is 17.3. The third kappa shape index (κ3) is 8.10. The van der Waals surface area contributed by atoms with Crippen molar-refractivity contribution >= 4 is 12.6 Å². The van der Waals surface area contributed by atoms with Gasteiger partial charge in [-0.25, -0.2) is 0 Å². The normalized spacial score (nSPS) is 12.0. The number of thiol groups is 1. The summed E-state index contributed by atoms with van der Waals surface area (Å²) < 4.78 is 5.83. The fourth-order valence-electron chi connectivity index (χ4n) is 2.00. The number of hydrogen-bond acceptors (Lipinski definition) is 2. The van der Waals surface area contributed by atoms with Gasteiger partial charge in [-0.2, -0.15) is 12.6 Å². The molecule has 0 aromatic rings. The average Bonchev–Trinajstić information content (AvgIpc) is 2.38. The zero-order valence-electron chi connectivity index (χ0n) is 12.1. The van der Waals surface area contributed by atoms with E-state index in [1.807, 2.05) is 0 Å². The molecule has 0 fully saturated rings. The molecule has 0 aromatic heterocycles. The summed E-state index contributed by atoms with van der Waals surface area (Å²) in [5.74, 6) is 0.941. The Kier molecular flexibility index (Phi) is 11.6. The number of rotatable bonds is 12. The smallest absolute Gasteiger partial charge is 0.0530 e. The summed E-state index contributed by atoms with van der Waals surface area (Å²) >= 11 is 4.46. The van der Waals surface area contributed by atoms with Crippen LogP contribution in [0.5, 0.6) is 0 Å². The van der Waals surface area contributed by atoms with Crippen LogP contribution >= 0.6 is 12.6 Å². The summed E-state index contributed by atoms with van der Waals surface area (Å²) in [6, 6.07) is 0. The second-order valence-corrected chi connectivity index (χ2v) is 5.50. The summed E-state index contributed by atoms with van der Waals surface area (Å²) in [7, 11) is 0. The van der Waals surface area contributed by atoms with Gasteiger partial charge in [-0.3, -0.25) is 0 Å². The van der Waals surface area contributed by atoms with Crippen molar-refractivity contribution in [3.05, 3.63) is 0 Å². The maximum absolute atomic E-state index is 5.83. The van der Waals surface area contributed by atoms with Crippen LogP contribution in [0.25, 0.3) is 0 Å². The summed E-state index contributed by atoms with van der Waals surface area (Å²) in [4.78, 5) is 0. The molecular formula is C15H32OS. The first-order valence-corrected chi connectivity index (χ1v) is 8.06. The molecule has 104 valence electrons. The highest BCUT2D eigenvalue weighted by Crippen LogP contribution is 2.28. The molecule has 0 saturated carbocycles. The van der Waals surface area contributed by atoms with Gasteiger partial charge in [-0.05, 0) is 25.0 Å². The molecular weight excluding hydrogens is 228 g/mol. The number of unbranched alkanes of at least 4 members (excludes halogenated alkanes) is 5. The van der Waals surface area contributed by atoms with Gasteiger partial charge in [-0.15, -0.1) is 0 Å². The van der Waals surface area contributed by atoms with E-state index in [0.29, 0.717) is 5.41 Å². The van der Waals surface area contributed by atoms with E-state index in [9.17, 15) is 0 Å². The van der Waals surface area contributed by atoms with Crippen LogP contribution in [0.1, 0.15) is 72.1 Å². The van der Waals surface area contributed by atoms with Gasteiger partial charge in [-0.1, -0.05) is 52.9 Å². The number of ether oxygens (including phenoxy) is 1. The quantitative estimate of drug-likeness (QED) is 0.379. The van der Waals surface area contributed by atoms with Crippen molar-refractivity contribution in [3.8, 4) is 0 Å². The minimum atomic E-state index is 0.311. The Bertz CT molecular complexity index is 147. The zero-order valence-corrected chi connectivity index (χ0v) is 13.0. The lowest BCUT2D eigenvalue weighted by Gasteiger charge is -2.29. The maximum atomic E-state index is 5.83. The molecule has 0 atom stereocenters. The Morgan fingerprint density at radius 2 is 1.47 bits per heavy atom. The van der Waals surface area contributed by atoms with Crippen LogP contribution in [0.15, 0.2) is 0 Å². The maximum Gasteiger partial charge on any atom is 0.0530 e. The Balaban J connectivity index is 3.43. The van der Waals surface area contributed by atoms with E-state index in [1.54, 1.807) is 0 Å². The molecule has 0 bridgehead atoms. The zero-order chi connectivity index (χ0) is 13.0. The number of hydrogen-bond donors (Lipinski definition) is 1. The van der Waals surface area contributed by atoms with E-state index < -0.39 is 0 Å². The van der Waals surface area contributed by atoms with E-state index in [0.717, 1.165) is 19.0 Å². The van der Waals surface area contributed by atoms with Crippen molar-refractivity contribution in [3.63, 3.8) is 0 Å². The van der Waals surface area contributed by atoms with Gasteiger partial charge in [0.1, 0.15) is 0 Å². The van der Waals surface area contributed by atoms with Crippen LogP contribution in [0.3, 0.4) is 0 Å². The van der Waals surface area contributed by atoms with Crippen LogP contribution in [-0.2, 0) is 4.74 Å². The lowest BCUT2D eigenvalue weighted by atomic mass is 9.85. The summed E-state index contributed by atoms with van der Waals surface area (Å²) in [6.07, 6.45) is 10.4. The highest BCUT2D eigenvalue weighted by Gasteiger charge is 2.24. The molecule has 0 rings (SSSR count). The van der Waals surface area contributed by atoms with Gasteiger partial charge >= 0.3 is 0 Å². The molecule has 0 unspecified atom stereocenters. The third-order valence-corrected chi connectivity index (χ3v) is 4.56.